The van der Waals surface area contributed by atoms with Crippen LogP contribution in [0.1, 0.15) is 27.7 Å². The van der Waals surface area contributed by atoms with E-state index in [0.29, 0.717) is 36.3 Å². The Morgan fingerprint density at radius 1 is 1.00 bits per heavy atom. The largest absolute Gasteiger partial charge is 0.503 e. The molecule has 1 unspecified atom stereocenters. The van der Waals surface area contributed by atoms with Gasteiger partial charge in [-0.1, -0.05) is 94.3 Å². The van der Waals surface area contributed by atoms with Crippen LogP contribution < -0.4 is 4.90 Å². The van der Waals surface area contributed by atoms with E-state index in [1.165, 1.54) is 16.7 Å². The number of Topliss-reactive ketones (excluding diaryl/α,β-unsaturated/α-hetero) is 1. The number of halogens is 3. The number of ketones is 1. The van der Waals surface area contributed by atoms with Crippen LogP contribution in [0.5, 0.6) is 0 Å². The van der Waals surface area contributed by atoms with Crippen molar-refractivity contribution in [1.82, 2.24) is 10.2 Å². The van der Waals surface area contributed by atoms with Crippen LogP contribution in [-0.4, -0.2) is 27.0 Å². The highest BCUT2D eigenvalue weighted by Crippen LogP contribution is 2.44. The molecule has 0 fully saturated rings. The van der Waals surface area contributed by atoms with Gasteiger partial charge in [-0.2, -0.15) is 0 Å². The highest BCUT2D eigenvalue weighted by molar-refractivity contribution is 8.00. The van der Waals surface area contributed by atoms with Gasteiger partial charge in [-0.25, -0.2) is 0 Å². The smallest absolute Gasteiger partial charge is 0.296 e. The molecule has 0 saturated carbocycles. The van der Waals surface area contributed by atoms with Crippen LogP contribution in [0.2, 0.25) is 15.1 Å². The number of thioether (sulfide) groups is 1. The van der Waals surface area contributed by atoms with Gasteiger partial charge >= 0.3 is 0 Å². The van der Waals surface area contributed by atoms with Gasteiger partial charge in [0.1, 0.15) is 5.58 Å². The van der Waals surface area contributed by atoms with Gasteiger partial charge in [0.2, 0.25) is 10.9 Å². The van der Waals surface area contributed by atoms with Crippen molar-refractivity contribution in [2.45, 2.75) is 16.1 Å². The lowest BCUT2D eigenvalue weighted by Crippen LogP contribution is -2.31. The number of hydrogen-bond acceptors (Lipinski definition) is 8. The number of nitrogens with zero attached hydrogens (tertiary/aromatic N) is 3. The summed E-state index contributed by atoms with van der Waals surface area (Å²) in [6.07, 6.45) is 0. The summed E-state index contributed by atoms with van der Waals surface area (Å²) in [5.74, 6) is -1.59. The van der Waals surface area contributed by atoms with Crippen LogP contribution in [-0.2, 0) is 10.5 Å². The lowest BCUT2D eigenvalue weighted by molar-refractivity contribution is -0.117. The van der Waals surface area contributed by atoms with Gasteiger partial charge in [0.15, 0.2) is 15.9 Å². The van der Waals surface area contributed by atoms with Crippen LogP contribution >= 0.6 is 57.9 Å². The normalized spacial score (nSPS) is 15.4. The number of aliphatic hydroxyl groups excluding tert-OH is 1. The molecule has 0 aliphatic carbocycles. The summed E-state index contributed by atoms with van der Waals surface area (Å²) in [5, 5.41) is 21.9. The lowest BCUT2D eigenvalue weighted by atomic mass is 9.95. The van der Waals surface area contributed by atoms with Gasteiger partial charge in [-0.3, -0.25) is 14.5 Å². The fourth-order valence-corrected chi connectivity index (χ4v) is 7.01. The number of benzene rings is 3. The molecular formula is C28H16Cl3N3O4S2. The van der Waals surface area contributed by atoms with E-state index < -0.39 is 23.5 Å². The van der Waals surface area contributed by atoms with Crippen molar-refractivity contribution in [3.63, 3.8) is 0 Å². The monoisotopic (exact) mass is 627 g/mol. The Balaban J connectivity index is 1.36. The molecule has 1 amide bonds. The molecule has 1 aliphatic heterocycles. The number of furan rings is 1. The van der Waals surface area contributed by atoms with Crippen LogP contribution in [0.4, 0.5) is 5.13 Å². The SMILES string of the molecule is O=C(C1=C(O)C(=O)N(c2nnc(SCc3ccc(Cl)cc3Cl)s2)C1c1cccc(Cl)c1)c1cc2ccccc2o1. The highest BCUT2D eigenvalue weighted by Gasteiger charge is 2.46. The van der Waals surface area contributed by atoms with Crippen LogP contribution in [0, 0.1) is 0 Å². The Kier molecular flexibility index (Phi) is 7.33. The maximum atomic E-state index is 13.8. The third-order valence-corrected chi connectivity index (χ3v) is 9.16. The summed E-state index contributed by atoms with van der Waals surface area (Å²) < 4.78 is 6.34. The molecular weight excluding hydrogens is 613 g/mol. The molecule has 0 bridgehead atoms. The van der Waals surface area contributed by atoms with Crippen molar-refractivity contribution in [3.05, 3.63) is 116 Å². The van der Waals surface area contributed by atoms with E-state index in [2.05, 4.69) is 10.2 Å². The van der Waals surface area contributed by atoms with Gasteiger partial charge in [-0.05, 0) is 47.5 Å². The molecule has 200 valence electrons. The lowest BCUT2D eigenvalue weighted by Gasteiger charge is -2.23. The number of rotatable bonds is 7. The summed E-state index contributed by atoms with van der Waals surface area (Å²) in [7, 11) is 0. The average molecular weight is 629 g/mol. The summed E-state index contributed by atoms with van der Waals surface area (Å²) in [5.41, 5.74) is 1.75. The summed E-state index contributed by atoms with van der Waals surface area (Å²) in [4.78, 5) is 28.5. The number of fused-ring (bicyclic) bond motifs is 1. The van der Waals surface area contributed by atoms with Crippen molar-refractivity contribution < 1.29 is 19.1 Å². The number of para-hydroxylation sites is 1. The standard InChI is InChI=1S/C28H16Cl3N3O4S2/c29-17-6-3-5-15(10-17)23-22(24(35)21-11-14-4-1-2-7-20(14)38-21)25(36)26(37)34(23)27-32-33-28(40-27)39-13-16-8-9-18(30)12-19(16)31/h1-12,23,36H,13H2. The number of amides is 1. The van der Waals surface area contributed by atoms with E-state index in [9.17, 15) is 14.7 Å². The molecule has 3 aromatic carbocycles. The van der Waals surface area contributed by atoms with E-state index in [-0.39, 0.29) is 16.5 Å². The first-order valence-electron chi connectivity index (χ1n) is 11.8. The molecule has 0 radical (unpaired) electrons. The van der Waals surface area contributed by atoms with Crippen molar-refractivity contribution in [1.29, 1.82) is 0 Å². The Morgan fingerprint density at radius 3 is 2.58 bits per heavy atom. The van der Waals surface area contributed by atoms with Crippen LogP contribution in [0.3, 0.4) is 0 Å². The predicted molar refractivity (Wildman–Crippen MR) is 158 cm³/mol. The maximum Gasteiger partial charge on any atom is 0.296 e. The van der Waals surface area contributed by atoms with E-state index in [1.807, 2.05) is 18.2 Å². The van der Waals surface area contributed by atoms with Gasteiger partial charge in [0.25, 0.3) is 5.91 Å². The second-order valence-corrected chi connectivity index (χ2v) is 12.2. The molecule has 7 nitrogen and oxygen atoms in total. The van der Waals surface area contributed by atoms with E-state index >= 15 is 0 Å². The number of hydrogen-bond donors (Lipinski definition) is 1. The number of aliphatic hydroxyl groups is 1. The molecule has 1 atom stereocenters. The van der Waals surface area contributed by atoms with Gasteiger partial charge in [0, 0.05) is 26.2 Å². The van der Waals surface area contributed by atoms with Crippen molar-refractivity contribution >= 4 is 85.7 Å². The maximum absolute atomic E-state index is 13.8. The zero-order valence-corrected chi connectivity index (χ0v) is 24.1. The minimum atomic E-state index is -1.01. The van der Waals surface area contributed by atoms with E-state index in [0.717, 1.165) is 22.3 Å². The van der Waals surface area contributed by atoms with Gasteiger partial charge in [-0.15, -0.1) is 10.2 Å². The molecule has 0 saturated heterocycles. The number of carbonyl (C=O) groups is 2. The third-order valence-electron chi connectivity index (χ3n) is 6.23. The molecule has 12 heteroatoms. The quantitative estimate of drug-likeness (QED) is 0.110. The summed E-state index contributed by atoms with van der Waals surface area (Å²) in [6, 6.07) is 19.7. The van der Waals surface area contributed by atoms with Crippen LogP contribution in [0.15, 0.2) is 92.9 Å². The molecule has 1 N–H and O–H groups in total. The zero-order chi connectivity index (χ0) is 28.0. The summed E-state index contributed by atoms with van der Waals surface area (Å²) in [6.45, 7) is 0. The first-order valence-corrected chi connectivity index (χ1v) is 14.7. The van der Waals surface area contributed by atoms with Crippen molar-refractivity contribution in [3.8, 4) is 0 Å². The molecule has 5 aromatic rings. The van der Waals surface area contributed by atoms with E-state index in [4.69, 9.17) is 39.2 Å². The van der Waals surface area contributed by atoms with Gasteiger partial charge < -0.3 is 9.52 Å². The second kappa shape index (κ2) is 10.9. The number of carbonyl (C=O) groups excluding carboxylic acids is 2. The number of aromatic nitrogens is 2. The molecule has 40 heavy (non-hydrogen) atoms. The fraction of sp³-hybridized carbons (Fsp3) is 0.0714. The van der Waals surface area contributed by atoms with Crippen molar-refractivity contribution in [2.24, 2.45) is 0 Å². The number of anilines is 1. The third kappa shape index (κ3) is 5.00. The molecule has 0 spiro atoms. The Morgan fingerprint density at radius 2 is 1.80 bits per heavy atom. The fourth-order valence-electron chi connectivity index (χ4n) is 4.39. The van der Waals surface area contributed by atoms with Gasteiger partial charge in [0.05, 0.1) is 11.6 Å². The van der Waals surface area contributed by atoms with Crippen molar-refractivity contribution in [2.75, 3.05) is 4.90 Å². The second-order valence-electron chi connectivity index (χ2n) is 8.75. The van der Waals surface area contributed by atoms with Crippen LogP contribution in [0.25, 0.3) is 11.0 Å². The Labute approximate surface area is 251 Å². The minimum absolute atomic E-state index is 0.00206. The first kappa shape index (κ1) is 26.9. The topological polar surface area (TPSA) is 96.5 Å². The van der Waals surface area contributed by atoms with E-state index in [1.54, 1.807) is 54.6 Å². The Bertz CT molecular complexity index is 1800. The molecule has 2 aromatic heterocycles. The molecule has 1 aliphatic rings. The molecule has 3 heterocycles. The zero-order valence-electron chi connectivity index (χ0n) is 20.2. The predicted octanol–water partition coefficient (Wildman–Crippen LogP) is 8.32. The first-order chi connectivity index (χ1) is 19.3. The highest BCUT2D eigenvalue weighted by atomic mass is 35.5. The Hall–Kier alpha value is -3.34. The summed E-state index contributed by atoms with van der Waals surface area (Å²) >= 11 is 21.1. The average Bonchev–Trinajstić information content (AvgIpc) is 3.64. The minimum Gasteiger partial charge on any atom is -0.503 e. The molecule has 6 rings (SSSR count).